The topological polar surface area (TPSA) is 27.8 Å². The molecule has 0 saturated heterocycles. The third-order valence-corrected chi connectivity index (χ3v) is 2.68. The van der Waals surface area contributed by atoms with Gasteiger partial charge in [0.15, 0.2) is 0 Å². The van der Waals surface area contributed by atoms with E-state index in [4.69, 9.17) is 0 Å². The average Bonchev–Trinajstić information content (AvgIpc) is 2.67. The molecule has 2 N–H and O–H groups in total. The fraction of sp³-hybridized carbons (Fsp3) is 0.385. The number of fused-ring (bicyclic) bond motifs is 1. The van der Waals surface area contributed by atoms with Crippen molar-refractivity contribution >= 4 is 10.9 Å². The van der Waals surface area contributed by atoms with E-state index in [2.05, 4.69) is 10.3 Å². The molecular formula is C13H16F2N2. The van der Waals surface area contributed by atoms with Crippen LogP contribution in [0.5, 0.6) is 0 Å². The lowest BCUT2D eigenvalue weighted by molar-refractivity contribution is 0.0230. The van der Waals surface area contributed by atoms with Crippen molar-refractivity contribution in [1.82, 2.24) is 10.3 Å². The maximum absolute atomic E-state index is 12.6. The van der Waals surface area contributed by atoms with Gasteiger partial charge in [0.2, 0.25) is 0 Å². The van der Waals surface area contributed by atoms with Crippen LogP contribution in [0.1, 0.15) is 12.5 Å². The monoisotopic (exact) mass is 238 g/mol. The SMILES string of the molecule is CC(F)(F)CNCCc1c[nH]c2ccccc12. The molecule has 2 nitrogen and oxygen atoms in total. The van der Waals surface area contributed by atoms with Crippen molar-refractivity contribution in [3.05, 3.63) is 36.0 Å². The number of hydrogen-bond acceptors (Lipinski definition) is 1. The number of nitrogens with one attached hydrogen (secondary N) is 2. The second-order valence-corrected chi connectivity index (χ2v) is 4.36. The van der Waals surface area contributed by atoms with Crippen molar-refractivity contribution in [2.75, 3.05) is 13.1 Å². The fourth-order valence-corrected chi connectivity index (χ4v) is 1.87. The molecule has 0 aliphatic carbocycles. The van der Waals surface area contributed by atoms with Crippen LogP contribution in [0.2, 0.25) is 0 Å². The van der Waals surface area contributed by atoms with Crippen molar-refractivity contribution in [1.29, 1.82) is 0 Å². The van der Waals surface area contributed by atoms with Gasteiger partial charge < -0.3 is 10.3 Å². The summed E-state index contributed by atoms with van der Waals surface area (Å²) in [6.45, 7) is 1.21. The minimum atomic E-state index is -2.64. The molecule has 2 aromatic rings. The van der Waals surface area contributed by atoms with Crippen molar-refractivity contribution in [2.45, 2.75) is 19.3 Å². The van der Waals surface area contributed by atoms with Crippen LogP contribution in [-0.4, -0.2) is 24.0 Å². The Morgan fingerprint density at radius 3 is 2.82 bits per heavy atom. The molecular weight excluding hydrogens is 222 g/mol. The van der Waals surface area contributed by atoms with Crippen LogP contribution in [0.4, 0.5) is 8.78 Å². The number of aromatic nitrogens is 1. The number of halogens is 2. The minimum absolute atomic E-state index is 0.268. The molecule has 92 valence electrons. The van der Waals surface area contributed by atoms with E-state index in [-0.39, 0.29) is 6.54 Å². The first-order valence-corrected chi connectivity index (χ1v) is 5.70. The summed E-state index contributed by atoms with van der Waals surface area (Å²) in [6, 6.07) is 7.99. The van der Waals surface area contributed by atoms with E-state index in [1.165, 1.54) is 0 Å². The summed E-state index contributed by atoms with van der Waals surface area (Å²) in [5.41, 5.74) is 2.25. The summed E-state index contributed by atoms with van der Waals surface area (Å²) in [5, 5.41) is 3.93. The smallest absolute Gasteiger partial charge is 0.257 e. The zero-order chi connectivity index (χ0) is 12.3. The summed E-state index contributed by atoms with van der Waals surface area (Å²) in [4.78, 5) is 3.17. The Labute approximate surface area is 99.0 Å². The van der Waals surface area contributed by atoms with Gasteiger partial charge in [0, 0.05) is 24.0 Å². The lowest BCUT2D eigenvalue weighted by atomic mass is 10.1. The predicted octanol–water partition coefficient (Wildman–Crippen LogP) is 2.96. The second-order valence-electron chi connectivity index (χ2n) is 4.36. The van der Waals surface area contributed by atoms with Gasteiger partial charge in [-0.15, -0.1) is 0 Å². The molecule has 0 atom stereocenters. The van der Waals surface area contributed by atoms with Gasteiger partial charge in [-0.3, -0.25) is 0 Å². The molecule has 17 heavy (non-hydrogen) atoms. The average molecular weight is 238 g/mol. The van der Waals surface area contributed by atoms with Gasteiger partial charge in [-0.05, 0) is 24.6 Å². The molecule has 0 saturated carbocycles. The van der Waals surface area contributed by atoms with Crippen LogP contribution in [0.15, 0.2) is 30.5 Å². The van der Waals surface area contributed by atoms with E-state index in [9.17, 15) is 8.78 Å². The molecule has 1 heterocycles. The van der Waals surface area contributed by atoms with Crippen molar-refractivity contribution in [2.24, 2.45) is 0 Å². The van der Waals surface area contributed by atoms with Crippen LogP contribution >= 0.6 is 0 Å². The minimum Gasteiger partial charge on any atom is -0.361 e. The van der Waals surface area contributed by atoms with E-state index in [1.807, 2.05) is 30.5 Å². The van der Waals surface area contributed by atoms with Crippen LogP contribution in [0, 0.1) is 0 Å². The fourth-order valence-electron chi connectivity index (χ4n) is 1.87. The van der Waals surface area contributed by atoms with Gasteiger partial charge in [-0.25, -0.2) is 8.78 Å². The first kappa shape index (κ1) is 12.0. The number of hydrogen-bond donors (Lipinski definition) is 2. The van der Waals surface area contributed by atoms with Gasteiger partial charge in [0.1, 0.15) is 0 Å². The van der Waals surface area contributed by atoms with Crippen molar-refractivity contribution in [3.8, 4) is 0 Å². The maximum atomic E-state index is 12.6. The first-order chi connectivity index (χ1) is 8.06. The van der Waals surface area contributed by atoms with Crippen LogP contribution < -0.4 is 5.32 Å². The van der Waals surface area contributed by atoms with Crippen molar-refractivity contribution in [3.63, 3.8) is 0 Å². The first-order valence-electron chi connectivity index (χ1n) is 5.70. The third-order valence-electron chi connectivity index (χ3n) is 2.68. The van der Waals surface area contributed by atoms with E-state index >= 15 is 0 Å². The second kappa shape index (κ2) is 4.84. The molecule has 0 bridgehead atoms. The number of H-pyrrole nitrogens is 1. The zero-order valence-electron chi connectivity index (χ0n) is 9.76. The number of rotatable bonds is 5. The molecule has 0 aliphatic heterocycles. The van der Waals surface area contributed by atoms with Gasteiger partial charge in [0.25, 0.3) is 5.92 Å². The van der Waals surface area contributed by atoms with E-state index < -0.39 is 5.92 Å². The Bertz CT molecular complexity index is 485. The summed E-state index contributed by atoms with van der Waals surface area (Å²) >= 11 is 0. The lowest BCUT2D eigenvalue weighted by Crippen LogP contribution is -2.31. The quantitative estimate of drug-likeness (QED) is 0.770. The highest BCUT2D eigenvalue weighted by molar-refractivity contribution is 5.83. The molecule has 1 aromatic heterocycles. The predicted molar refractivity (Wildman–Crippen MR) is 65.5 cm³/mol. The molecule has 1 aromatic carbocycles. The normalized spacial score (nSPS) is 12.2. The Morgan fingerprint density at radius 2 is 2.06 bits per heavy atom. The molecule has 0 spiro atoms. The highest BCUT2D eigenvalue weighted by atomic mass is 19.3. The van der Waals surface area contributed by atoms with Crippen LogP contribution in [0.25, 0.3) is 10.9 Å². The van der Waals surface area contributed by atoms with Gasteiger partial charge in [0.05, 0.1) is 6.54 Å². The molecule has 0 aliphatic rings. The summed E-state index contributed by atoms with van der Waals surface area (Å²) < 4.78 is 25.1. The lowest BCUT2D eigenvalue weighted by Gasteiger charge is -2.10. The molecule has 0 amide bonds. The summed E-state index contributed by atoms with van der Waals surface area (Å²) in [5.74, 6) is -2.64. The van der Waals surface area contributed by atoms with E-state index in [1.54, 1.807) is 0 Å². The van der Waals surface area contributed by atoms with Gasteiger partial charge in [-0.2, -0.15) is 0 Å². The standard InChI is InChI=1S/C13H16F2N2/c1-13(14,15)9-16-7-6-10-8-17-12-5-3-2-4-11(10)12/h2-5,8,16-17H,6-7,9H2,1H3. The highest BCUT2D eigenvalue weighted by Gasteiger charge is 2.19. The maximum Gasteiger partial charge on any atom is 0.257 e. The third kappa shape index (κ3) is 3.27. The number of para-hydroxylation sites is 1. The Balaban J connectivity index is 1.91. The molecule has 2 rings (SSSR count). The van der Waals surface area contributed by atoms with Gasteiger partial charge in [-0.1, -0.05) is 18.2 Å². The molecule has 0 fully saturated rings. The van der Waals surface area contributed by atoms with E-state index in [0.29, 0.717) is 6.54 Å². The van der Waals surface area contributed by atoms with Crippen LogP contribution in [-0.2, 0) is 6.42 Å². The summed E-state index contributed by atoms with van der Waals surface area (Å²) in [7, 11) is 0. The summed E-state index contributed by atoms with van der Waals surface area (Å²) in [6.07, 6.45) is 2.69. The highest BCUT2D eigenvalue weighted by Crippen LogP contribution is 2.17. The zero-order valence-corrected chi connectivity index (χ0v) is 9.76. The Morgan fingerprint density at radius 1 is 1.29 bits per heavy atom. The van der Waals surface area contributed by atoms with E-state index in [0.717, 1.165) is 29.8 Å². The number of aromatic amines is 1. The number of benzene rings is 1. The Hall–Kier alpha value is -1.42. The Kier molecular flexibility index (Phi) is 3.43. The molecule has 0 unspecified atom stereocenters. The molecule has 4 heteroatoms. The molecule has 0 radical (unpaired) electrons. The van der Waals surface area contributed by atoms with Gasteiger partial charge >= 0.3 is 0 Å². The van der Waals surface area contributed by atoms with Crippen molar-refractivity contribution < 1.29 is 8.78 Å². The largest absolute Gasteiger partial charge is 0.361 e. The number of alkyl halides is 2. The van der Waals surface area contributed by atoms with Crippen LogP contribution in [0.3, 0.4) is 0 Å².